The number of ether oxygens (including phenoxy) is 2. The van der Waals surface area contributed by atoms with E-state index >= 15 is 0 Å². The van der Waals surface area contributed by atoms with Gasteiger partial charge in [0.2, 0.25) is 6.29 Å². The number of phosphoric acid groups is 1. The number of benzene rings is 2. The van der Waals surface area contributed by atoms with Gasteiger partial charge in [0.25, 0.3) is 0 Å². The van der Waals surface area contributed by atoms with Gasteiger partial charge in [-0.05, 0) is 12.1 Å². The predicted molar refractivity (Wildman–Crippen MR) is 109 cm³/mol. The Hall–Kier alpha value is -2.91. The number of rotatable bonds is 9. The van der Waals surface area contributed by atoms with E-state index in [-0.39, 0.29) is 0 Å². The predicted octanol–water partition coefficient (Wildman–Crippen LogP) is 4.92. The van der Waals surface area contributed by atoms with Crippen molar-refractivity contribution in [3.63, 3.8) is 0 Å². The van der Waals surface area contributed by atoms with Crippen LogP contribution in [0.25, 0.3) is 21.8 Å². The summed E-state index contributed by atoms with van der Waals surface area (Å²) < 4.78 is 53.6. The number of phosphoric ester groups is 1. The normalized spacial score (nSPS) is 12.7. The maximum atomic E-state index is 13.9. The quantitative estimate of drug-likeness (QED) is 0.212. The first-order valence-electron chi connectivity index (χ1n) is 9.30. The van der Waals surface area contributed by atoms with Crippen molar-refractivity contribution in [3.8, 4) is 11.8 Å². The number of hydrogen-bond acceptors (Lipinski definition) is 4. The van der Waals surface area contributed by atoms with E-state index in [0.717, 1.165) is 21.8 Å². The summed E-state index contributed by atoms with van der Waals surface area (Å²) in [7, 11) is -5.36. The maximum absolute atomic E-state index is 13.9. The van der Waals surface area contributed by atoms with Gasteiger partial charge in [0, 0.05) is 46.8 Å². The fourth-order valence-corrected chi connectivity index (χ4v) is 3.59. The van der Waals surface area contributed by atoms with Crippen LogP contribution in [0.4, 0.5) is 8.78 Å². The number of para-hydroxylation sites is 2. The van der Waals surface area contributed by atoms with E-state index in [2.05, 4.69) is 14.5 Å². The van der Waals surface area contributed by atoms with Crippen LogP contribution in [0.1, 0.15) is 12.8 Å². The summed E-state index contributed by atoms with van der Waals surface area (Å²) in [6, 6.07) is 18.1. The highest BCUT2D eigenvalue weighted by molar-refractivity contribution is 7.46. The minimum Gasteiger partial charge on any atom is -0.440 e. The molecule has 2 heterocycles. The Kier molecular flexibility index (Phi) is 5.72. The zero-order chi connectivity index (χ0) is 22.1. The van der Waals surface area contributed by atoms with Crippen LogP contribution in [0.2, 0.25) is 0 Å². The molecule has 0 saturated heterocycles. The number of aromatic amines is 2. The first-order chi connectivity index (χ1) is 14.7. The zero-order valence-corrected chi connectivity index (χ0v) is 16.9. The molecular formula is C20H19F2N2O6P. The maximum Gasteiger partial charge on any atom is 0.474 e. The molecule has 4 aromatic rings. The van der Waals surface area contributed by atoms with Crippen molar-refractivity contribution in [2.24, 2.45) is 0 Å². The Morgan fingerprint density at radius 2 is 1.39 bits per heavy atom. The molecule has 0 aliphatic rings. The standard InChI is InChI=1S/C20H19F2N2O6P/c21-20(22,30-31(25,26)27)10-9-19(28-17-11-13-5-1-3-7-15(13)23-17)29-18-12-14-6-2-4-8-16(14)24-18/h1-8,11-12,19,23-24H,9-10H2,(H2,25,26,27). The van der Waals surface area contributed by atoms with Crippen molar-refractivity contribution in [3.05, 3.63) is 60.7 Å². The molecule has 0 spiro atoms. The number of nitrogens with one attached hydrogen (secondary N) is 2. The van der Waals surface area contributed by atoms with Crippen LogP contribution in [0.15, 0.2) is 60.7 Å². The molecule has 0 saturated carbocycles. The molecule has 0 amide bonds. The number of hydrogen-bond donors (Lipinski definition) is 4. The average molecular weight is 452 g/mol. The van der Waals surface area contributed by atoms with Gasteiger partial charge >= 0.3 is 13.9 Å². The molecule has 2 aromatic heterocycles. The van der Waals surface area contributed by atoms with E-state index < -0.39 is 33.1 Å². The second-order valence-electron chi connectivity index (χ2n) is 6.86. The van der Waals surface area contributed by atoms with Gasteiger partial charge in [0.15, 0.2) is 11.8 Å². The molecular weight excluding hydrogens is 433 g/mol. The number of fused-ring (bicyclic) bond motifs is 2. The summed E-state index contributed by atoms with van der Waals surface area (Å²) in [5.74, 6) is 0.586. The fourth-order valence-electron chi connectivity index (χ4n) is 3.15. The smallest absolute Gasteiger partial charge is 0.440 e. The highest BCUT2D eigenvalue weighted by Crippen LogP contribution is 2.44. The second kappa shape index (κ2) is 8.32. The minimum atomic E-state index is -5.36. The SMILES string of the molecule is O=P(O)(O)OC(F)(F)CCC(Oc1cc2ccccc2[nH]1)Oc1cc2ccccc2[nH]1. The molecule has 4 N–H and O–H groups in total. The molecule has 8 nitrogen and oxygen atoms in total. The third-order valence-corrected chi connectivity index (χ3v) is 4.96. The van der Waals surface area contributed by atoms with Crippen LogP contribution in [0, 0.1) is 0 Å². The monoisotopic (exact) mass is 452 g/mol. The summed E-state index contributed by atoms with van der Waals surface area (Å²) in [5, 5.41) is 1.72. The van der Waals surface area contributed by atoms with Gasteiger partial charge in [0.05, 0.1) is 0 Å². The molecule has 0 unspecified atom stereocenters. The van der Waals surface area contributed by atoms with Crippen LogP contribution >= 0.6 is 7.82 Å². The van der Waals surface area contributed by atoms with Gasteiger partial charge in [-0.1, -0.05) is 36.4 Å². The number of halogens is 2. The second-order valence-corrected chi connectivity index (χ2v) is 8.03. The molecule has 31 heavy (non-hydrogen) atoms. The summed E-state index contributed by atoms with van der Waals surface area (Å²) in [6.07, 6.45) is -6.72. The average Bonchev–Trinajstić information content (AvgIpc) is 3.26. The largest absolute Gasteiger partial charge is 0.474 e. The van der Waals surface area contributed by atoms with Gasteiger partial charge in [-0.15, -0.1) is 0 Å². The summed E-state index contributed by atoms with van der Waals surface area (Å²) in [5.41, 5.74) is 1.58. The van der Waals surface area contributed by atoms with Gasteiger partial charge in [-0.3, -0.25) is 0 Å². The lowest BCUT2D eigenvalue weighted by molar-refractivity contribution is -0.198. The lowest BCUT2D eigenvalue weighted by Gasteiger charge is -2.22. The fraction of sp³-hybridized carbons (Fsp3) is 0.200. The van der Waals surface area contributed by atoms with E-state index in [4.69, 9.17) is 19.3 Å². The van der Waals surface area contributed by atoms with Crippen LogP contribution < -0.4 is 9.47 Å². The van der Waals surface area contributed by atoms with Crippen molar-refractivity contribution in [2.75, 3.05) is 0 Å². The molecule has 0 fully saturated rings. The zero-order valence-electron chi connectivity index (χ0n) is 16.0. The number of aromatic nitrogens is 2. The molecule has 4 rings (SSSR count). The van der Waals surface area contributed by atoms with Crippen molar-refractivity contribution >= 4 is 29.6 Å². The van der Waals surface area contributed by atoms with Crippen LogP contribution in [0.3, 0.4) is 0 Å². The van der Waals surface area contributed by atoms with Gasteiger partial charge in [-0.2, -0.15) is 8.78 Å². The molecule has 11 heteroatoms. The first kappa shape index (κ1) is 21.3. The van der Waals surface area contributed by atoms with Crippen LogP contribution in [-0.2, 0) is 9.09 Å². The van der Waals surface area contributed by atoms with Gasteiger partial charge < -0.3 is 29.2 Å². The minimum absolute atomic E-state index is 0.293. The molecule has 0 aliphatic heterocycles. The Labute approximate surface area is 175 Å². The van der Waals surface area contributed by atoms with Crippen LogP contribution in [0.5, 0.6) is 11.8 Å². The van der Waals surface area contributed by atoms with Crippen LogP contribution in [-0.4, -0.2) is 32.2 Å². The first-order valence-corrected chi connectivity index (χ1v) is 10.8. The Balaban J connectivity index is 1.53. The number of H-pyrrole nitrogens is 2. The molecule has 0 atom stereocenters. The van der Waals surface area contributed by atoms with Crippen molar-refractivity contribution < 1.29 is 37.1 Å². The molecule has 0 aliphatic carbocycles. The highest BCUT2D eigenvalue weighted by atomic mass is 31.2. The van der Waals surface area contributed by atoms with E-state index in [1.54, 1.807) is 12.1 Å². The summed E-state index contributed by atoms with van der Waals surface area (Å²) in [6.45, 7) is 0. The number of alkyl halides is 2. The Morgan fingerprint density at radius 1 is 0.903 bits per heavy atom. The van der Waals surface area contributed by atoms with Crippen molar-refractivity contribution in [1.29, 1.82) is 0 Å². The van der Waals surface area contributed by atoms with Crippen molar-refractivity contribution in [2.45, 2.75) is 25.2 Å². The molecule has 2 aromatic carbocycles. The summed E-state index contributed by atoms with van der Waals surface area (Å²) in [4.78, 5) is 23.4. The lowest BCUT2D eigenvalue weighted by atomic mass is 10.2. The lowest BCUT2D eigenvalue weighted by Crippen LogP contribution is -2.29. The molecule has 0 bridgehead atoms. The van der Waals surface area contributed by atoms with E-state index in [1.807, 2.05) is 48.5 Å². The molecule has 164 valence electrons. The molecule has 0 radical (unpaired) electrons. The Morgan fingerprint density at radius 3 is 1.84 bits per heavy atom. The summed E-state index contributed by atoms with van der Waals surface area (Å²) >= 11 is 0. The van der Waals surface area contributed by atoms with Crippen molar-refractivity contribution in [1.82, 2.24) is 9.97 Å². The highest BCUT2D eigenvalue weighted by Gasteiger charge is 2.39. The topological polar surface area (TPSA) is 117 Å². The third-order valence-electron chi connectivity index (χ3n) is 4.45. The third kappa shape index (κ3) is 5.62. The van der Waals surface area contributed by atoms with Gasteiger partial charge in [0.1, 0.15) is 0 Å². The van der Waals surface area contributed by atoms with Gasteiger partial charge in [-0.25, -0.2) is 9.09 Å². The Bertz CT molecular complexity index is 1090. The van der Waals surface area contributed by atoms with E-state index in [9.17, 15) is 13.3 Å². The van der Waals surface area contributed by atoms with E-state index in [0.29, 0.717) is 11.8 Å². The van der Waals surface area contributed by atoms with E-state index in [1.165, 1.54) is 0 Å².